The van der Waals surface area contributed by atoms with E-state index in [0.29, 0.717) is 9.52 Å². The zero-order chi connectivity index (χ0) is 11.3. The van der Waals surface area contributed by atoms with Gasteiger partial charge in [0.25, 0.3) is 0 Å². The monoisotopic (exact) mass is 217 g/mol. The van der Waals surface area contributed by atoms with Crippen LogP contribution >= 0.6 is 0 Å². The largest absolute Gasteiger partial charge is 0.478 e. The number of aromatic nitrogens is 1. The Labute approximate surface area is 91.4 Å². The van der Waals surface area contributed by atoms with Crippen molar-refractivity contribution in [3.8, 4) is 12.3 Å². The van der Waals surface area contributed by atoms with E-state index in [2.05, 4.69) is 17.8 Å². The van der Waals surface area contributed by atoms with Crippen LogP contribution in [-0.2, 0) is 0 Å². The second-order valence-corrected chi connectivity index (χ2v) is 4.33. The number of hydrogen-bond acceptors (Lipinski definition) is 2. The number of rotatable bonds is 4. The Balaban J connectivity index is 2.98. The molecule has 0 fully saturated rings. The number of carbonyl (C=O) groups is 1. The molecule has 1 rings (SSSR count). The van der Waals surface area contributed by atoms with Crippen molar-refractivity contribution in [1.82, 2.24) is 4.98 Å². The van der Waals surface area contributed by atoms with Crippen LogP contribution < -0.4 is 5.32 Å². The van der Waals surface area contributed by atoms with E-state index in [1.54, 1.807) is 6.07 Å². The summed E-state index contributed by atoms with van der Waals surface area (Å²) in [7, 11) is 0.594. The third-order valence-electron chi connectivity index (χ3n) is 1.82. The highest BCUT2D eigenvalue weighted by Crippen LogP contribution is 2.02. The molecule has 0 unspecified atom stereocenters. The highest BCUT2D eigenvalue weighted by molar-refractivity contribution is 6.52. The minimum absolute atomic E-state index is 0.0996. The number of carboxylic acid groups (broad SMARTS) is 1. The lowest BCUT2D eigenvalue weighted by Gasteiger charge is -2.02. The van der Waals surface area contributed by atoms with Crippen LogP contribution in [0.15, 0.2) is 12.1 Å². The normalized spacial score (nSPS) is 9.60. The first-order valence-corrected chi connectivity index (χ1v) is 5.84. The van der Waals surface area contributed by atoms with E-state index in [9.17, 15) is 4.79 Å². The molecular weight excluding hydrogens is 206 g/mol. The summed E-state index contributed by atoms with van der Waals surface area (Å²) in [5.74, 6) is 1.28. The van der Waals surface area contributed by atoms with Crippen LogP contribution in [0.2, 0.25) is 6.04 Å². The molecule has 1 aromatic heterocycles. The van der Waals surface area contributed by atoms with Gasteiger partial charge in [0.1, 0.15) is 15.2 Å². The van der Waals surface area contributed by atoms with Gasteiger partial charge in [-0.05, 0) is 18.1 Å². The first-order valence-electron chi connectivity index (χ1n) is 4.63. The molecule has 76 valence electrons. The Morgan fingerprint density at radius 2 is 2.40 bits per heavy atom. The summed E-state index contributed by atoms with van der Waals surface area (Å²) in [6.45, 7) is 2.10. The zero-order valence-corrected chi connectivity index (χ0v) is 9.45. The van der Waals surface area contributed by atoms with E-state index in [1.807, 2.05) is 0 Å². The predicted molar refractivity (Wildman–Crippen MR) is 59.6 cm³/mol. The molecular formula is C11H11NO2Si. The molecule has 0 aliphatic rings. The molecule has 2 radical (unpaired) electrons. The summed E-state index contributed by atoms with van der Waals surface area (Å²) in [6, 6.07) is 4.32. The quantitative estimate of drug-likeness (QED) is 0.602. The Morgan fingerprint density at radius 3 is 2.93 bits per heavy atom. The van der Waals surface area contributed by atoms with Crippen LogP contribution in [0, 0.1) is 12.3 Å². The molecule has 0 aliphatic heterocycles. The van der Waals surface area contributed by atoms with Crippen LogP contribution in [0.1, 0.15) is 29.4 Å². The molecule has 0 saturated heterocycles. The lowest BCUT2D eigenvalue weighted by molar-refractivity contribution is 0.0696. The van der Waals surface area contributed by atoms with E-state index >= 15 is 0 Å². The molecule has 0 saturated carbocycles. The summed E-state index contributed by atoms with van der Waals surface area (Å²) >= 11 is 0. The number of terminal acetylenes is 1. The highest BCUT2D eigenvalue weighted by Gasteiger charge is 2.10. The summed E-state index contributed by atoms with van der Waals surface area (Å²) < 4.78 is 0. The van der Waals surface area contributed by atoms with E-state index in [4.69, 9.17) is 11.5 Å². The first-order chi connectivity index (χ1) is 7.19. The molecule has 0 atom stereocenters. The van der Waals surface area contributed by atoms with Crippen molar-refractivity contribution in [1.29, 1.82) is 0 Å². The van der Waals surface area contributed by atoms with E-state index in [-0.39, 0.29) is 11.3 Å². The highest BCUT2D eigenvalue weighted by atomic mass is 28.2. The smallest absolute Gasteiger partial charge is 0.338 e. The van der Waals surface area contributed by atoms with E-state index in [0.717, 1.165) is 17.8 Å². The average molecular weight is 217 g/mol. The Kier molecular flexibility index (Phi) is 4.07. The SMILES string of the molecule is C#Cc1nc([Si]CCC)ccc1C(=O)O. The van der Waals surface area contributed by atoms with E-state index < -0.39 is 5.97 Å². The van der Waals surface area contributed by atoms with E-state index in [1.165, 1.54) is 6.07 Å². The van der Waals surface area contributed by atoms with Crippen molar-refractivity contribution in [2.75, 3.05) is 0 Å². The minimum atomic E-state index is -1.03. The fraction of sp³-hybridized carbons (Fsp3) is 0.273. The van der Waals surface area contributed by atoms with Gasteiger partial charge in [-0.15, -0.1) is 6.42 Å². The maximum Gasteiger partial charge on any atom is 0.338 e. The lowest BCUT2D eigenvalue weighted by atomic mass is 10.2. The number of carboxylic acids is 1. The van der Waals surface area contributed by atoms with Gasteiger partial charge in [-0.1, -0.05) is 19.4 Å². The van der Waals surface area contributed by atoms with Crippen molar-refractivity contribution in [3.05, 3.63) is 23.4 Å². The molecule has 0 amide bonds. The molecule has 4 heteroatoms. The molecule has 0 aliphatic carbocycles. The van der Waals surface area contributed by atoms with Gasteiger partial charge in [0.05, 0.1) is 5.56 Å². The molecule has 1 aromatic rings. The van der Waals surface area contributed by atoms with Gasteiger partial charge in [0, 0.05) is 5.32 Å². The fourth-order valence-electron chi connectivity index (χ4n) is 1.09. The average Bonchev–Trinajstić information content (AvgIpc) is 2.25. The zero-order valence-electron chi connectivity index (χ0n) is 8.45. The molecule has 0 aromatic carbocycles. The van der Waals surface area contributed by atoms with Crippen molar-refractivity contribution in [3.63, 3.8) is 0 Å². The van der Waals surface area contributed by atoms with Crippen molar-refractivity contribution in [2.45, 2.75) is 19.4 Å². The Hall–Kier alpha value is -1.60. The predicted octanol–water partition coefficient (Wildman–Crippen LogP) is 0.919. The fourth-order valence-corrected chi connectivity index (χ4v) is 1.99. The molecule has 15 heavy (non-hydrogen) atoms. The molecule has 3 nitrogen and oxygen atoms in total. The van der Waals surface area contributed by atoms with Crippen LogP contribution in [-0.4, -0.2) is 25.6 Å². The molecule has 1 N–H and O–H groups in total. The maximum absolute atomic E-state index is 10.8. The number of nitrogens with zero attached hydrogens (tertiary/aromatic N) is 1. The standard InChI is InChI=1S/C11H11NO2Si/c1-3-7-15-10-6-5-8(11(13)14)9(4-2)12-10/h2,5-6H,3,7H2,1H3,(H,13,14). The summed E-state index contributed by atoms with van der Waals surface area (Å²) in [5.41, 5.74) is 0.325. The van der Waals surface area contributed by atoms with Gasteiger partial charge in [-0.3, -0.25) is 0 Å². The van der Waals surface area contributed by atoms with Gasteiger partial charge < -0.3 is 5.11 Å². The topological polar surface area (TPSA) is 50.2 Å². The van der Waals surface area contributed by atoms with Gasteiger partial charge in [0.2, 0.25) is 0 Å². The van der Waals surface area contributed by atoms with Gasteiger partial charge in [-0.25, -0.2) is 9.78 Å². The molecule has 0 spiro atoms. The lowest BCUT2D eigenvalue weighted by Crippen LogP contribution is -2.20. The van der Waals surface area contributed by atoms with Gasteiger partial charge >= 0.3 is 5.97 Å². The number of hydrogen-bond donors (Lipinski definition) is 1. The Bertz CT molecular complexity index is 410. The van der Waals surface area contributed by atoms with Crippen LogP contribution in [0.4, 0.5) is 0 Å². The first kappa shape index (κ1) is 11.5. The Morgan fingerprint density at radius 1 is 1.67 bits per heavy atom. The number of aromatic carboxylic acids is 1. The van der Waals surface area contributed by atoms with Gasteiger partial charge in [0.15, 0.2) is 0 Å². The molecule has 0 bridgehead atoms. The van der Waals surface area contributed by atoms with Crippen molar-refractivity contribution in [2.24, 2.45) is 0 Å². The van der Waals surface area contributed by atoms with Crippen LogP contribution in [0.3, 0.4) is 0 Å². The third-order valence-corrected chi connectivity index (χ3v) is 3.21. The number of pyridine rings is 1. The van der Waals surface area contributed by atoms with Crippen molar-refractivity contribution >= 4 is 20.8 Å². The second kappa shape index (κ2) is 5.32. The van der Waals surface area contributed by atoms with Crippen molar-refractivity contribution < 1.29 is 9.90 Å². The summed E-state index contributed by atoms with van der Waals surface area (Å²) in [5, 5.41) is 9.71. The van der Waals surface area contributed by atoms with Gasteiger partial charge in [-0.2, -0.15) is 0 Å². The maximum atomic E-state index is 10.8. The van der Waals surface area contributed by atoms with Crippen LogP contribution in [0.5, 0.6) is 0 Å². The second-order valence-electron chi connectivity index (χ2n) is 2.97. The van der Waals surface area contributed by atoms with Crippen LogP contribution in [0.25, 0.3) is 0 Å². The third kappa shape index (κ3) is 2.93. The molecule has 1 heterocycles. The summed E-state index contributed by atoms with van der Waals surface area (Å²) in [4.78, 5) is 14.9. The minimum Gasteiger partial charge on any atom is -0.478 e. The summed E-state index contributed by atoms with van der Waals surface area (Å²) in [6.07, 6.45) is 6.30.